The maximum atomic E-state index is 12.1. The zero-order valence-electron chi connectivity index (χ0n) is 11.3. The fourth-order valence-corrected chi connectivity index (χ4v) is 2.84. The van der Waals surface area contributed by atoms with Crippen molar-refractivity contribution in [2.75, 3.05) is 0 Å². The number of rotatable bonds is 4. The summed E-state index contributed by atoms with van der Waals surface area (Å²) in [5.74, 6) is -0.649. The Hall–Kier alpha value is -2.64. The third kappa shape index (κ3) is 2.85. The van der Waals surface area contributed by atoms with E-state index in [1.807, 2.05) is 18.2 Å². The predicted molar refractivity (Wildman–Crippen MR) is 81.0 cm³/mol. The lowest BCUT2D eigenvalue weighted by molar-refractivity contribution is 0.0711. The monoisotopic (exact) mass is 316 g/mol. The molecule has 3 aromatic rings. The van der Waals surface area contributed by atoms with Crippen LogP contribution in [0.3, 0.4) is 0 Å². The largest absolute Gasteiger partial charge is 0.451 e. The number of nitrogens with one attached hydrogen (secondary N) is 2. The zero-order valence-corrected chi connectivity index (χ0v) is 12.1. The first kappa shape index (κ1) is 14.3. The van der Waals surface area contributed by atoms with Gasteiger partial charge in [-0.05, 0) is 24.3 Å². The Bertz CT molecular complexity index is 804. The minimum atomic E-state index is -0.570. The number of carbonyl (C=O) groups excluding carboxylic acids is 2. The highest BCUT2D eigenvalue weighted by Gasteiger charge is 2.13. The highest BCUT2D eigenvalue weighted by Crippen LogP contribution is 2.19. The summed E-state index contributed by atoms with van der Waals surface area (Å²) in [4.78, 5) is 24.5. The summed E-state index contributed by atoms with van der Waals surface area (Å²) in [5, 5.41) is 12.2. The molecule has 0 saturated carbocycles. The molecule has 0 aliphatic carbocycles. The Morgan fingerprint density at radius 1 is 1.14 bits per heavy atom. The number of hydroxylamine groups is 1. The lowest BCUT2D eigenvalue weighted by atomic mass is 10.2. The maximum absolute atomic E-state index is 12.1. The van der Waals surface area contributed by atoms with Crippen molar-refractivity contribution in [3.63, 3.8) is 0 Å². The number of para-hydroxylation sites is 1. The number of hydrogen-bond donors (Lipinski definition) is 3. The smallest absolute Gasteiger partial charge is 0.287 e. The molecule has 0 radical (unpaired) electrons. The van der Waals surface area contributed by atoms with E-state index in [4.69, 9.17) is 9.62 Å². The number of carbonyl (C=O) groups is 2. The zero-order chi connectivity index (χ0) is 15.5. The van der Waals surface area contributed by atoms with E-state index in [0.717, 1.165) is 10.3 Å². The summed E-state index contributed by atoms with van der Waals surface area (Å²) in [6.45, 7) is 0.277. The summed E-state index contributed by atoms with van der Waals surface area (Å²) in [6.07, 6.45) is 0. The van der Waals surface area contributed by atoms with Crippen molar-refractivity contribution in [2.45, 2.75) is 6.54 Å². The van der Waals surface area contributed by atoms with Gasteiger partial charge in [0, 0.05) is 10.3 Å². The summed E-state index contributed by atoms with van der Waals surface area (Å²) >= 11 is 1.19. The molecule has 2 aromatic heterocycles. The lowest BCUT2D eigenvalue weighted by Gasteiger charge is -2.00. The van der Waals surface area contributed by atoms with Gasteiger partial charge in [0.1, 0.15) is 5.58 Å². The first-order valence-electron chi connectivity index (χ1n) is 6.47. The SMILES string of the molecule is O=C(NCc1ccc(C(=O)NO)s1)c1cc2ccccc2o1. The molecule has 7 heteroatoms. The lowest BCUT2D eigenvalue weighted by Crippen LogP contribution is -2.21. The number of benzene rings is 1. The average molecular weight is 316 g/mol. The van der Waals surface area contributed by atoms with E-state index in [-0.39, 0.29) is 18.2 Å². The van der Waals surface area contributed by atoms with Gasteiger partial charge in [0.15, 0.2) is 5.76 Å². The van der Waals surface area contributed by atoms with Crippen LogP contribution in [0.25, 0.3) is 11.0 Å². The van der Waals surface area contributed by atoms with Gasteiger partial charge in [-0.1, -0.05) is 18.2 Å². The summed E-state index contributed by atoms with van der Waals surface area (Å²) in [6, 6.07) is 12.4. The van der Waals surface area contributed by atoms with Gasteiger partial charge in [-0.15, -0.1) is 11.3 Å². The molecule has 112 valence electrons. The Morgan fingerprint density at radius 3 is 2.73 bits per heavy atom. The Kier molecular flexibility index (Phi) is 3.90. The van der Waals surface area contributed by atoms with Crippen LogP contribution in [0.1, 0.15) is 25.1 Å². The minimum absolute atomic E-state index is 0.242. The fourth-order valence-electron chi connectivity index (χ4n) is 2.00. The molecule has 0 spiro atoms. The second-order valence-corrected chi connectivity index (χ2v) is 5.71. The molecule has 1 aromatic carbocycles. The van der Waals surface area contributed by atoms with E-state index in [0.29, 0.717) is 10.5 Å². The van der Waals surface area contributed by atoms with E-state index in [9.17, 15) is 9.59 Å². The Labute approximate surface area is 129 Å². The van der Waals surface area contributed by atoms with E-state index < -0.39 is 5.91 Å². The van der Waals surface area contributed by atoms with E-state index >= 15 is 0 Å². The Morgan fingerprint density at radius 2 is 1.95 bits per heavy atom. The van der Waals surface area contributed by atoms with Crippen LogP contribution < -0.4 is 10.8 Å². The van der Waals surface area contributed by atoms with Crippen LogP contribution in [0.15, 0.2) is 46.9 Å². The van der Waals surface area contributed by atoms with Gasteiger partial charge in [0.2, 0.25) is 0 Å². The van der Waals surface area contributed by atoms with E-state index in [1.54, 1.807) is 29.7 Å². The second kappa shape index (κ2) is 6.00. The van der Waals surface area contributed by atoms with Crippen molar-refractivity contribution >= 4 is 34.1 Å². The molecule has 3 N–H and O–H groups in total. The van der Waals surface area contributed by atoms with Crippen molar-refractivity contribution in [2.24, 2.45) is 0 Å². The van der Waals surface area contributed by atoms with Gasteiger partial charge in [-0.3, -0.25) is 14.8 Å². The van der Waals surface area contributed by atoms with Gasteiger partial charge in [-0.2, -0.15) is 0 Å². The molecule has 0 fully saturated rings. The van der Waals surface area contributed by atoms with Crippen molar-refractivity contribution < 1.29 is 19.2 Å². The van der Waals surface area contributed by atoms with Gasteiger partial charge < -0.3 is 9.73 Å². The normalized spacial score (nSPS) is 10.6. The topological polar surface area (TPSA) is 91.6 Å². The standard InChI is InChI=1S/C15H12N2O4S/c18-14(12-7-9-3-1-2-4-11(9)21-12)16-8-10-5-6-13(22-10)15(19)17-20/h1-7,20H,8H2,(H,16,18)(H,17,19). The van der Waals surface area contributed by atoms with Crippen LogP contribution in [0.5, 0.6) is 0 Å². The fraction of sp³-hybridized carbons (Fsp3) is 0.0667. The summed E-state index contributed by atoms with van der Waals surface area (Å²) in [5.41, 5.74) is 2.23. The molecule has 0 bridgehead atoms. The predicted octanol–water partition coefficient (Wildman–Crippen LogP) is 2.54. The molecule has 0 atom stereocenters. The highest BCUT2D eigenvalue weighted by molar-refractivity contribution is 7.14. The molecule has 22 heavy (non-hydrogen) atoms. The molecule has 2 heterocycles. The molecule has 3 rings (SSSR count). The summed E-state index contributed by atoms with van der Waals surface area (Å²) < 4.78 is 5.47. The quantitative estimate of drug-likeness (QED) is 0.509. The number of furan rings is 1. The molecular weight excluding hydrogens is 304 g/mol. The third-order valence-corrected chi connectivity index (χ3v) is 4.14. The average Bonchev–Trinajstić information content (AvgIpc) is 3.18. The Balaban J connectivity index is 1.67. The second-order valence-electron chi connectivity index (χ2n) is 4.54. The van der Waals surface area contributed by atoms with Crippen LogP contribution in [0.2, 0.25) is 0 Å². The molecule has 2 amide bonds. The molecule has 6 nitrogen and oxygen atoms in total. The molecular formula is C15H12N2O4S. The minimum Gasteiger partial charge on any atom is -0.451 e. The first-order chi connectivity index (χ1) is 10.7. The van der Waals surface area contributed by atoms with Crippen molar-refractivity contribution in [1.29, 1.82) is 0 Å². The van der Waals surface area contributed by atoms with Gasteiger partial charge >= 0.3 is 0 Å². The van der Waals surface area contributed by atoms with Gasteiger partial charge in [0.25, 0.3) is 11.8 Å². The number of amides is 2. The highest BCUT2D eigenvalue weighted by atomic mass is 32.1. The van der Waals surface area contributed by atoms with Crippen molar-refractivity contribution in [3.8, 4) is 0 Å². The van der Waals surface area contributed by atoms with Gasteiger partial charge in [-0.25, -0.2) is 5.48 Å². The van der Waals surface area contributed by atoms with Gasteiger partial charge in [0.05, 0.1) is 11.4 Å². The third-order valence-electron chi connectivity index (χ3n) is 3.06. The molecule has 0 aliphatic rings. The number of fused-ring (bicyclic) bond motifs is 1. The van der Waals surface area contributed by atoms with E-state index in [2.05, 4.69) is 5.32 Å². The molecule has 0 saturated heterocycles. The van der Waals surface area contributed by atoms with Crippen LogP contribution in [0.4, 0.5) is 0 Å². The molecule has 0 aliphatic heterocycles. The number of hydrogen-bond acceptors (Lipinski definition) is 5. The molecule has 0 unspecified atom stereocenters. The van der Waals surface area contributed by atoms with Crippen LogP contribution in [0, 0.1) is 0 Å². The van der Waals surface area contributed by atoms with Crippen molar-refractivity contribution in [1.82, 2.24) is 10.8 Å². The number of thiophene rings is 1. The van der Waals surface area contributed by atoms with Crippen molar-refractivity contribution in [3.05, 3.63) is 58.0 Å². The maximum Gasteiger partial charge on any atom is 0.287 e. The first-order valence-corrected chi connectivity index (χ1v) is 7.29. The van der Waals surface area contributed by atoms with Crippen LogP contribution in [-0.4, -0.2) is 17.0 Å². The summed E-state index contributed by atoms with van der Waals surface area (Å²) in [7, 11) is 0. The van der Waals surface area contributed by atoms with Crippen LogP contribution in [-0.2, 0) is 6.54 Å². The van der Waals surface area contributed by atoms with E-state index in [1.165, 1.54) is 11.3 Å². The van der Waals surface area contributed by atoms with Crippen LogP contribution >= 0.6 is 11.3 Å².